The van der Waals surface area contributed by atoms with Crippen LogP contribution in [0, 0.1) is 0 Å². The molecule has 0 aliphatic carbocycles. The number of amides is 1. The van der Waals surface area contributed by atoms with Crippen LogP contribution in [0.2, 0.25) is 10.0 Å². The summed E-state index contributed by atoms with van der Waals surface area (Å²) in [7, 11) is 1.86. The maximum atomic E-state index is 13.2. The third-order valence-electron chi connectivity index (χ3n) is 7.51. The fourth-order valence-corrected chi connectivity index (χ4v) is 5.62. The Kier molecular flexibility index (Phi) is 11.3. The van der Waals surface area contributed by atoms with Gasteiger partial charge in [-0.3, -0.25) is 9.59 Å². The molecule has 208 valence electrons. The lowest BCUT2D eigenvalue weighted by Gasteiger charge is -2.42. The van der Waals surface area contributed by atoms with E-state index in [0.29, 0.717) is 27.7 Å². The highest BCUT2D eigenvalue weighted by Crippen LogP contribution is 2.31. The molecule has 4 rings (SSSR count). The lowest BCUT2D eigenvalue weighted by molar-refractivity contribution is -0.912. The number of nitrogens with one attached hydrogen (secondary N) is 1. The number of halogens is 3. The quantitative estimate of drug-likeness (QED) is 0.193. The van der Waals surface area contributed by atoms with Gasteiger partial charge in [0.15, 0.2) is 5.78 Å². The van der Waals surface area contributed by atoms with Crippen molar-refractivity contribution in [3.05, 3.63) is 99.5 Å². The minimum absolute atomic E-state index is 0. The first-order chi connectivity index (χ1) is 18.3. The largest absolute Gasteiger partial charge is 0.341 e. The second-order valence-corrected chi connectivity index (χ2v) is 11.1. The summed E-state index contributed by atoms with van der Waals surface area (Å²) >= 11 is 12.7. The summed E-state index contributed by atoms with van der Waals surface area (Å²) in [5.74, 6) is 0.152. The topological polar surface area (TPSA) is 49.4 Å². The molecule has 1 aliphatic rings. The number of nitrogens with zero attached hydrogens (tertiary/aromatic N) is 2. The van der Waals surface area contributed by atoms with Crippen LogP contribution in [0.15, 0.2) is 72.8 Å². The molecule has 39 heavy (non-hydrogen) atoms. The number of Topliss-reactive ketones (excluding diaryl/α,β-unsaturated/α-hetero) is 1. The van der Waals surface area contributed by atoms with Crippen LogP contribution in [-0.4, -0.2) is 54.4 Å². The standard InChI is InChI=1S/C31H35Cl2N3O2.ClH/c1-23(37)24-11-14-28(15-12-24)34-36(18-7-4-8-19-36)20-17-27(26-13-16-29(32)30(33)21-26)22-35(2)31(38)25-9-5-3-6-10-25;/h3,5-6,9-16,21,27H,4,7-8,17-20,22H2,1-2H3;1H/p+1. The van der Waals surface area contributed by atoms with Crippen molar-refractivity contribution < 1.29 is 14.2 Å². The molecule has 0 radical (unpaired) electrons. The van der Waals surface area contributed by atoms with E-state index < -0.39 is 0 Å². The van der Waals surface area contributed by atoms with Gasteiger partial charge in [-0.25, -0.2) is 10.0 Å². The first-order valence-electron chi connectivity index (χ1n) is 13.3. The number of carbonyl (C=O) groups is 2. The number of carbonyl (C=O) groups excluding carboxylic acids is 2. The van der Waals surface area contributed by atoms with Crippen molar-refractivity contribution in [3.8, 4) is 0 Å². The van der Waals surface area contributed by atoms with E-state index in [9.17, 15) is 9.59 Å². The lowest BCUT2D eigenvalue weighted by Crippen LogP contribution is -2.56. The van der Waals surface area contributed by atoms with E-state index >= 15 is 0 Å². The van der Waals surface area contributed by atoms with E-state index in [1.165, 1.54) is 6.42 Å². The summed E-state index contributed by atoms with van der Waals surface area (Å²) in [5, 5.41) is 1.05. The first-order valence-corrected chi connectivity index (χ1v) is 14.0. The Balaban J connectivity index is 0.00000420. The van der Waals surface area contributed by atoms with Crippen LogP contribution in [0.5, 0.6) is 0 Å². The van der Waals surface area contributed by atoms with Crippen molar-refractivity contribution in [3.63, 3.8) is 0 Å². The van der Waals surface area contributed by atoms with Gasteiger partial charge in [0, 0.05) is 37.1 Å². The van der Waals surface area contributed by atoms with Crippen LogP contribution >= 0.6 is 35.6 Å². The van der Waals surface area contributed by atoms with Crippen molar-refractivity contribution in [1.82, 2.24) is 4.90 Å². The normalized spacial score (nSPS) is 15.1. The van der Waals surface area contributed by atoms with Crippen LogP contribution in [0.4, 0.5) is 5.69 Å². The van der Waals surface area contributed by atoms with Crippen LogP contribution in [0.25, 0.3) is 0 Å². The Hall–Kier alpha value is -2.57. The SMILES string of the molecule is CC(=O)c1ccc(N[N+]2(CCC(CN(C)C(=O)c3ccccc3)c3ccc(Cl)c(Cl)c3)CCCCC2)cc1.Cl. The summed E-state index contributed by atoms with van der Waals surface area (Å²) in [5.41, 5.74) is 7.27. The molecule has 1 atom stereocenters. The number of quaternary nitrogens is 1. The average Bonchev–Trinajstić information content (AvgIpc) is 2.93. The van der Waals surface area contributed by atoms with E-state index in [1.807, 2.05) is 79.8 Å². The molecule has 1 fully saturated rings. The van der Waals surface area contributed by atoms with E-state index in [0.717, 1.165) is 54.7 Å². The fraction of sp³-hybridized carbons (Fsp3) is 0.355. The average molecular weight is 590 g/mol. The molecular weight excluding hydrogens is 553 g/mol. The number of piperidine rings is 1. The van der Waals surface area contributed by atoms with Gasteiger partial charge in [0.1, 0.15) is 19.6 Å². The maximum absolute atomic E-state index is 13.2. The molecule has 1 unspecified atom stereocenters. The number of rotatable bonds is 10. The highest BCUT2D eigenvalue weighted by molar-refractivity contribution is 6.42. The number of benzene rings is 3. The molecule has 0 spiro atoms. The predicted molar refractivity (Wildman–Crippen MR) is 163 cm³/mol. The zero-order chi connectivity index (χ0) is 27.1. The molecule has 1 N–H and O–H groups in total. The Labute approximate surface area is 248 Å². The van der Waals surface area contributed by atoms with Crippen molar-refractivity contribution in [2.24, 2.45) is 0 Å². The second kappa shape index (κ2) is 14.2. The summed E-state index contributed by atoms with van der Waals surface area (Å²) in [6.45, 7) is 5.11. The molecule has 1 aliphatic heterocycles. The Morgan fingerprint density at radius 2 is 1.56 bits per heavy atom. The molecular formula is C31H37Cl3N3O2+. The van der Waals surface area contributed by atoms with E-state index in [2.05, 4.69) is 5.43 Å². The molecule has 1 heterocycles. The van der Waals surface area contributed by atoms with Gasteiger partial charge in [0.2, 0.25) is 0 Å². The lowest BCUT2D eigenvalue weighted by atomic mass is 9.94. The van der Waals surface area contributed by atoms with Crippen molar-refractivity contribution >= 4 is 53.0 Å². The summed E-state index contributed by atoms with van der Waals surface area (Å²) in [6, 6.07) is 22.9. The summed E-state index contributed by atoms with van der Waals surface area (Å²) in [6.07, 6.45) is 4.41. The van der Waals surface area contributed by atoms with Gasteiger partial charge < -0.3 is 4.90 Å². The Bertz CT molecular complexity index is 1250. The van der Waals surface area contributed by atoms with E-state index in [-0.39, 0.29) is 30.0 Å². The van der Waals surface area contributed by atoms with Crippen LogP contribution in [0.1, 0.15) is 64.8 Å². The monoisotopic (exact) mass is 588 g/mol. The number of hydrogen-bond acceptors (Lipinski definition) is 3. The number of likely N-dealkylation sites (tertiary alicyclic amines) is 1. The first kappa shape index (κ1) is 31.0. The Morgan fingerprint density at radius 3 is 2.18 bits per heavy atom. The van der Waals surface area contributed by atoms with Gasteiger partial charge in [-0.15, -0.1) is 12.4 Å². The molecule has 8 heteroatoms. The van der Waals surface area contributed by atoms with Gasteiger partial charge >= 0.3 is 0 Å². The highest BCUT2D eigenvalue weighted by atomic mass is 35.5. The smallest absolute Gasteiger partial charge is 0.253 e. The molecule has 5 nitrogen and oxygen atoms in total. The Morgan fingerprint density at radius 1 is 0.897 bits per heavy atom. The van der Waals surface area contributed by atoms with E-state index in [4.69, 9.17) is 23.2 Å². The van der Waals surface area contributed by atoms with Gasteiger partial charge in [0.25, 0.3) is 5.91 Å². The van der Waals surface area contributed by atoms with Crippen molar-refractivity contribution in [2.75, 3.05) is 38.7 Å². The number of hydrogen-bond donors (Lipinski definition) is 1. The zero-order valence-corrected chi connectivity index (χ0v) is 24.9. The number of likely N-dealkylation sites (N-methyl/N-ethyl adjacent to an activating group) is 1. The van der Waals surface area contributed by atoms with Gasteiger partial charge in [-0.1, -0.05) is 47.5 Å². The minimum Gasteiger partial charge on any atom is -0.341 e. The zero-order valence-electron chi connectivity index (χ0n) is 22.5. The molecule has 1 saturated heterocycles. The molecule has 0 bridgehead atoms. The third-order valence-corrected chi connectivity index (χ3v) is 8.25. The fourth-order valence-electron chi connectivity index (χ4n) is 5.31. The molecule has 3 aromatic carbocycles. The highest BCUT2D eigenvalue weighted by Gasteiger charge is 2.32. The summed E-state index contributed by atoms with van der Waals surface area (Å²) in [4.78, 5) is 26.7. The predicted octanol–water partition coefficient (Wildman–Crippen LogP) is 7.89. The van der Waals surface area contributed by atoms with E-state index in [1.54, 1.807) is 11.8 Å². The number of anilines is 1. The molecule has 3 aromatic rings. The van der Waals surface area contributed by atoms with Gasteiger partial charge in [-0.2, -0.15) is 0 Å². The van der Waals surface area contributed by atoms with Crippen molar-refractivity contribution in [2.45, 2.75) is 38.5 Å². The maximum Gasteiger partial charge on any atom is 0.253 e. The molecule has 0 saturated carbocycles. The van der Waals surface area contributed by atoms with Gasteiger partial charge in [0.05, 0.1) is 15.7 Å². The molecule has 0 aromatic heterocycles. The third kappa shape index (κ3) is 8.21. The van der Waals surface area contributed by atoms with Crippen LogP contribution < -0.4 is 5.43 Å². The van der Waals surface area contributed by atoms with Crippen LogP contribution in [-0.2, 0) is 0 Å². The molecule has 1 amide bonds. The van der Waals surface area contributed by atoms with Crippen molar-refractivity contribution in [1.29, 1.82) is 0 Å². The van der Waals surface area contributed by atoms with Gasteiger partial charge in [-0.05, 0) is 80.3 Å². The number of ketones is 1. The van der Waals surface area contributed by atoms with Crippen LogP contribution in [0.3, 0.4) is 0 Å². The summed E-state index contributed by atoms with van der Waals surface area (Å²) < 4.78 is 0.771. The minimum atomic E-state index is 0. The second-order valence-electron chi connectivity index (χ2n) is 10.3.